The molecule has 3 rings (SSSR count). The highest BCUT2D eigenvalue weighted by Crippen LogP contribution is 2.26. The Labute approximate surface area is 111 Å². The number of rotatable bonds is 3. The summed E-state index contributed by atoms with van der Waals surface area (Å²) >= 11 is 0. The molecular formula is C14H13N5. The lowest BCUT2D eigenvalue weighted by molar-refractivity contribution is 0.912. The molecule has 0 unspecified atom stereocenters. The molecule has 1 heterocycles. The molecule has 0 bridgehead atoms. The van der Waals surface area contributed by atoms with Crippen LogP contribution in [0, 0.1) is 11.5 Å². The number of hydrogen-bond donors (Lipinski definition) is 2. The molecule has 5 heteroatoms. The van der Waals surface area contributed by atoms with Crippen molar-refractivity contribution in [2.24, 2.45) is 0 Å². The maximum Gasteiger partial charge on any atom is 0.182 e. The molecule has 0 radical (unpaired) electrons. The Balaban J connectivity index is 1.81. The third kappa shape index (κ3) is 2.47. The van der Waals surface area contributed by atoms with Crippen molar-refractivity contribution < 1.29 is 0 Å². The smallest absolute Gasteiger partial charge is 0.182 e. The number of nitriles is 1. The molecule has 0 atom stereocenters. The van der Waals surface area contributed by atoms with Gasteiger partial charge in [-0.1, -0.05) is 6.07 Å². The molecule has 0 saturated carbocycles. The van der Waals surface area contributed by atoms with Crippen molar-refractivity contribution in [3.8, 4) is 6.19 Å². The van der Waals surface area contributed by atoms with E-state index in [0.29, 0.717) is 11.6 Å². The number of nitrogens with zero attached hydrogens (tertiary/aromatic N) is 3. The van der Waals surface area contributed by atoms with E-state index in [1.165, 1.54) is 30.3 Å². The van der Waals surface area contributed by atoms with E-state index >= 15 is 0 Å². The number of fused-ring (bicyclic) bond motifs is 1. The van der Waals surface area contributed by atoms with E-state index in [4.69, 9.17) is 5.26 Å². The van der Waals surface area contributed by atoms with Crippen LogP contribution in [0.1, 0.15) is 17.5 Å². The first-order chi connectivity index (χ1) is 9.35. The molecule has 94 valence electrons. The van der Waals surface area contributed by atoms with Crippen LogP contribution in [0.15, 0.2) is 30.6 Å². The van der Waals surface area contributed by atoms with Crippen molar-refractivity contribution in [1.29, 1.82) is 5.26 Å². The molecule has 2 N–H and O–H groups in total. The van der Waals surface area contributed by atoms with Gasteiger partial charge in [0.1, 0.15) is 18.0 Å². The van der Waals surface area contributed by atoms with Crippen LogP contribution in [0.5, 0.6) is 0 Å². The van der Waals surface area contributed by atoms with E-state index in [0.717, 1.165) is 12.1 Å². The fourth-order valence-corrected chi connectivity index (χ4v) is 2.35. The van der Waals surface area contributed by atoms with Gasteiger partial charge in [0, 0.05) is 11.8 Å². The Hall–Kier alpha value is -2.61. The summed E-state index contributed by atoms with van der Waals surface area (Å²) in [5.41, 5.74) is 3.87. The summed E-state index contributed by atoms with van der Waals surface area (Å²) in [5, 5.41) is 14.3. The van der Waals surface area contributed by atoms with Gasteiger partial charge in [0.2, 0.25) is 0 Å². The summed E-state index contributed by atoms with van der Waals surface area (Å²) in [7, 11) is 0. The Bertz CT molecular complexity index is 645. The fourth-order valence-electron chi connectivity index (χ4n) is 2.35. The Kier molecular flexibility index (Phi) is 2.99. The molecule has 2 aromatic rings. The van der Waals surface area contributed by atoms with Crippen LogP contribution in [0.3, 0.4) is 0 Å². The maximum absolute atomic E-state index is 8.56. The minimum Gasteiger partial charge on any atom is -0.340 e. The maximum atomic E-state index is 8.56. The second-order valence-electron chi connectivity index (χ2n) is 4.49. The van der Waals surface area contributed by atoms with E-state index in [1.807, 2.05) is 6.19 Å². The SMILES string of the molecule is N#CNc1cc(Nc2ccc3c(c2)CCC3)ncn1. The highest BCUT2D eigenvalue weighted by Gasteiger charge is 2.10. The molecule has 0 spiro atoms. The van der Waals surface area contributed by atoms with E-state index in [9.17, 15) is 0 Å². The van der Waals surface area contributed by atoms with E-state index in [-0.39, 0.29) is 0 Å². The molecule has 1 aliphatic carbocycles. The van der Waals surface area contributed by atoms with Crippen molar-refractivity contribution in [3.05, 3.63) is 41.7 Å². The lowest BCUT2D eigenvalue weighted by Gasteiger charge is -2.08. The number of aromatic nitrogens is 2. The summed E-state index contributed by atoms with van der Waals surface area (Å²) in [5.74, 6) is 1.16. The number of benzene rings is 1. The van der Waals surface area contributed by atoms with Crippen LogP contribution in [0.25, 0.3) is 0 Å². The molecule has 1 aromatic carbocycles. The Morgan fingerprint density at radius 1 is 1.05 bits per heavy atom. The van der Waals surface area contributed by atoms with Crippen molar-refractivity contribution in [2.45, 2.75) is 19.3 Å². The summed E-state index contributed by atoms with van der Waals surface area (Å²) in [6.45, 7) is 0. The van der Waals surface area contributed by atoms with Crippen molar-refractivity contribution in [2.75, 3.05) is 10.6 Å². The monoisotopic (exact) mass is 251 g/mol. The van der Waals surface area contributed by atoms with Crippen LogP contribution in [-0.4, -0.2) is 9.97 Å². The van der Waals surface area contributed by atoms with Gasteiger partial charge in [0.05, 0.1) is 0 Å². The average Bonchev–Trinajstić information content (AvgIpc) is 2.87. The zero-order valence-electron chi connectivity index (χ0n) is 10.3. The first-order valence-corrected chi connectivity index (χ1v) is 6.21. The zero-order chi connectivity index (χ0) is 13.1. The summed E-state index contributed by atoms with van der Waals surface area (Å²) in [6.07, 6.45) is 6.83. The van der Waals surface area contributed by atoms with Gasteiger partial charge in [0.25, 0.3) is 0 Å². The first kappa shape index (κ1) is 11.5. The van der Waals surface area contributed by atoms with Crippen LogP contribution in [0.4, 0.5) is 17.3 Å². The molecule has 1 aromatic heterocycles. The second-order valence-corrected chi connectivity index (χ2v) is 4.49. The third-order valence-corrected chi connectivity index (χ3v) is 3.22. The Morgan fingerprint density at radius 3 is 2.79 bits per heavy atom. The Morgan fingerprint density at radius 2 is 1.89 bits per heavy atom. The first-order valence-electron chi connectivity index (χ1n) is 6.21. The van der Waals surface area contributed by atoms with Gasteiger partial charge in [-0.2, -0.15) is 5.26 Å². The van der Waals surface area contributed by atoms with Crippen LogP contribution in [0.2, 0.25) is 0 Å². The lowest BCUT2D eigenvalue weighted by Crippen LogP contribution is -1.98. The summed E-state index contributed by atoms with van der Waals surface area (Å²) in [6, 6.07) is 8.10. The van der Waals surface area contributed by atoms with Crippen molar-refractivity contribution in [1.82, 2.24) is 9.97 Å². The van der Waals surface area contributed by atoms with Gasteiger partial charge >= 0.3 is 0 Å². The lowest BCUT2D eigenvalue weighted by atomic mass is 10.1. The fraction of sp³-hybridized carbons (Fsp3) is 0.214. The zero-order valence-corrected chi connectivity index (χ0v) is 10.3. The van der Waals surface area contributed by atoms with E-state index in [1.54, 1.807) is 6.07 Å². The van der Waals surface area contributed by atoms with Gasteiger partial charge in [-0.25, -0.2) is 9.97 Å². The van der Waals surface area contributed by atoms with Crippen LogP contribution in [-0.2, 0) is 12.8 Å². The molecule has 5 nitrogen and oxygen atoms in total. The highest BCUT2D eigenvalue weighted by atomic mass is 15.1. The standard InChI is InChI=1S/C14H13N5/c15-8-16-13-7-14(18-9-17-13)19-12-5-4-10-2-1-3-11(10)6-12/h4-7,9H,1-3H2,(H2,16,17,18,19). The predicted octanol–water partition coefficient (Wildman–Crippen LogP) is 2.60. The molecule has 0 amide bonds. The number of hydrogen-bond acceptors (Lipinski definition) is 5. The van der Waals surface area contributed by atoms with Crippen LogP contribution >= 0.6 is 0 Å². The highest BCUT2D eigenvalue weighted by molar-refractivity contribution is 5.61. The molecule has 0 fully saturated rings. The van der Waals surface area contributed by atoms with Crippen molar-refractivity contribution >= 4 is 17.3 Å². The van der Waals surface area contributed by atoms with Crippen LogP contribution < -0.4 is 10.6 Å². The van der Waals surface area contributed by atoms with Crippen molar-refractivity contribution in [3.63, 3.8) is 0 Å². The number of aryl methyl sites for hydroxylation is 2. The normalized spacial score (nSPS) is 12.6. The largest absolute Gasteiger partial charge is 0.340 e. The molecule has 0 saturated heterocycles. The van der Waals surface area contributed by atoms with E-state index in [2.05, 4.69) is 38.8 Å². The second kappa shape index (κ2) is 4.94. The number of anilines is 3. The topological polar surface area (TPSA) is 73.6 Å². The van der Waals surface area contributed by atoms with Gasteiger partial charge in [-0.05, 0) is 42.5 Å². The minimum absolute atomic E-state index is 0.487. The minimum atomic E-state index is 0.487. The molecule has 1 aliphatic rings. The third-order valence-electron chi connectivity index (χ3n) is 3.22. The number of nitrogens with one attached hydrogen (secondary N) is 2. The molecule has 0 aliphatic heterocycles. The van der Waals surface area contributed by atoms with Gasteiger partial charge in [0.15, 0.2) is 6.19 Å². The summed E-state index contributed by atoms with van der Waals surface area (Å²) < 4.78 is 0. The van der Waals surface area contributed by atoms with Gasteiger partial charge in [-0.15, -0.1) is 0 Å². The van der Waals surface area contributed by atoms with Gasteiger partial charge < -0.3 is 5.32 Å². The quantitative estimate of drug-likeness (QED) is 0.648. The average molecular weight is 251 g/mol. The summed E-state index contributed by atoms with van der Waals surface area (Å²) in [4.78, 5) is 8.08. The van der Waals surface area contributed by atoms with Gasteiger partial charge in [-0.3, -0.25) is 5.32 Å². The molecule has 19 heavy (non-hydrogen) atoms. The predicted molar refractivity (Wildman–Crippen MR) is 73.0 cm³/mol. The van der Waals surface area contributed by atoms with E-state index < -0.39 is 0 Å². The molecular weight excluding hydrogens is 238 g/mol.